The van der Waals surface area contributed by atoms with Crippen LogP contribution in [0, 0.1) is 47.8 Å². The van der Waals surface area contributed by atoms with Crippen molar-refractivity contribution in [2.75, 3.05) is 10.6 Å². The summed E-state index contributed by atoms with van der Waals surface area (Å²) in [6.07, 6.45) is 0. The van der Waals surface area contributed by atoms with Crippen LogP contribution in [0.2, 0.25) is 0 Å². The van der Waals surface area contributed by atoms with E-state index >= 15 is 0 Å². The molecule has 0 bridgehead atoms. The molecule has 2 aromatic carbocycles. The van der Waals surface area contributed by atoms with Gasteiger partial charge in [0, 0.05) is 16.9 Å². The minimum Gasteiger partial charge on any atom is -0.345 e. The third-order valence-corrected chi connectivity index (χ3v) is 3.83. The van der Waals surface area contributed by atoms with Crippen molar-refractivity contribution in [1.82, 2.24) is 0 Å². The van der Waals surface area contributed by atoms with Gasteiger partial charge in [-0.2, -0.15) is 15.8 Å². The quantitative estimate of drug-likeness (QED) is 0.821. The number of nitrogens with zero attached hydrogens (tertiary/aromatic N) is 3. The van der Waals surface area contributed by atoms with E-state index < -0.39 is 0 Å². The van der Waals surface area contributed by atoms with E-state index in [1.807, 2.05) is 32.0 Å². The molecule has 2 N–H and O–H groups in total. The van der Waals surface area contributed by atoms with Gasteiger partial charge in [-0.1, -0.05) is 18.2 Å². The zero-order valence-electron chi connectivity index (χ0n) is 14.3. The van der Waals surface area contributed by atoms with Crippen molar-refractivity contribution in [3.63, 3.8) is 0 Å². The van der Waals surface area contributed by atoms with E-state index in [9.17, 15) is 4.79 Å². The number of nitrogens with one attached hydrogen (secondary N) is 2. The highest BCUT2D eigenvalue weighted by atomic mass is 16.1. The molecule has 0 unspecified atom stereocenters. The number of hydrogen-bond donors (Lipinski definition) is 2. The molecule has 0 aliphatic rings. The lowest BCUT2D eigenvalue weighted by Crippen LogP contribution is -2.13. The molecular weight excluding hydrogens is 326 g/mol. The van der Waals surface area contributed by atoms with Crippen molar-refractivity contribution in [3.8, 4) is 18.2 Å². The first-order chi connectivity index (χ1) is 12.5. The van der Waals surface area contributed by atoms with E-state index in [2.05, 4.69) is 10.6 Å². The Labute approximate surface area is 151 Å². The molecule has 0 radical (unpaired) electrons. The lowest BCUT2D eigenvalue weighted by Gasteiger charge is -2.11. The molecule has 0 aliphatic carbocycles. The van der Waals surface area contributed by atoms with E-state index in [0.29, 0.717) is 11.3 Å². The maximum Gasteiger partial charge on any atom is 0.255 e. The molecule has 0 heterocycles. The second-order valence-corrected chi connectivity index (χ2v) is 5.49. The molecule has 0 aromatic heterocycles. The van der Waals surface area contributed by atoms with Crippen molar-refractivity contribution in [2.45, 2.75) is 13.8 Å². The van der Waals surface area contributed by atoms with E-state index in [4.69, 9.17) is 15.8 Å². The van der Waals surface area contributed by atoms with Gasteiger partial charge in [-0.25, -0.2) is 0 Å². The molecular formula is C20H15N5O. The molecule has 0 atom stereocenters. The van der Waals surface area contributed by atoms with E-state index in [0.717, 1.165) is 16.8 Å². The van der Waals surface area contributed by atoms with Gasteiger partial charge in [0.05, 0.1) is 0 Å². The highest BCUT2D eigenvalue weighted by molar-refractivity contribution is 6.05. The molecule has 0 saturated heterocycles. The number of carbonyl (C=O) groups excluding carboxylic acids is 1. The number of rotatable bonds is 4. The third kappa shape index (κ3) is 4.06. The Morgan fingerprint density at radius 2 is 1.62 bits per heavy atom. The number of amides is 1. The fourth-order valence-electron chi connectivity index (χ4n) is 2.25. The Morgan fingerprint density at radius 3 is 2.27 bits per heavy atom. The third-order valence-electron chi connectivity index (χ3n) is 3.83. The molecule has 0 aliphatic heterocycles. The number of allylic oxidation sites excluding steroid dienone is 2. The monoisotopic (exact) mass is 341 g/mol. The van der Waals surface area contributed by atoms with Gasteiger partial charge in [0.2, 0.25) is 0 Å². The minimum atomic E-state index is -0.322. The summed E-state index contributed by atoms with van der Waals surface area (Å²) in [7, 11) is 0. The van der Waals surface area contributed by atoms with Crippen LogP contribution in [0.25, 0.3) is 0 Å². The van der Waals surface area contributed by atoms with Crippen LogP contribution in [0.3, 0.4) is 0 Å². The van der Waals surface area contributed by atoms with Crippen LogP contribution < -0.4 is 10.6 Å². The summed E-state index contributed by atoms with van der Waals surface area (Å²) in [6, 6.07) is 17.2. The highest BCUT2D eigenvalue weighted by Gasteiger charge is 2.11. The van der Waals surface area contributed by atoms with Gasteiger partial charge in [0.25, 0.3) is 5.91 Å². The molecule has 0 saturated carbocycles. The van der Waals surface area contributed by atoms with Crippen molar-refractivity contribution < 1.29 is 4.79 Å². The summed E-state index contributed by atoms with van der Waals surface area (Å²) in [5.41, 5.74) is 3.10. The maximum absolute atomic E-state index is 12.5. The van der Waals surface area contributed by atoms with Gasteiger partial charge in [-0.15, -0.1) is 0 Å². The number of benzene rings is 2. The molecule has 6 nitrogen and oxygen atoms in total. The van der Waals surface area contributed by atoms with Crippen LogP contribution in [0.1, 0.15) is 21.5 Å². The first-order valence-corrected chi connectivity index (χ1v) is 7.69. The van der Waals surface area contributed by atoms with Crippen LogP contribution in [0.4, 0.5) is 11.4 Å². The molecule has 1 amide bonds. The van der Waals surface area contributed by atoms with Crippen LogP contribution in [0.5, 0.6) is 0 Å². The number of anilines is 2. The van der Waals surface area contributed by atoms with Gasteiger partial charge in [0.15, 0.2) is 5.57 Å². The number of nitriles is 3. The second kappa shape index (κ2) is 8.15. The minimum absolute atomic E-state index is 0.165. The number of carbonyl (C=O) groups is 1. The Bertz CT molecular complexity index is 1000. The first kappa shape index (κ1) is 18.3. The maximum atomic E-state index is 12.5. The van der Waals surface area contributed by atoms with E-state index in [1.54, 1.807) is 42.5 Å². The summed E-state index contributed by atoms with van der Waals surface area (Å²) in [5, 5.41) is 32.4. The Hall–Kier alpha value is -4.08. The molecule has 0 spiro atoms. The predicted octanol–water partition coefficient (Wildman–Crippen LogP) is 3.79. The van der Waals surface area contributed by atoms with Crippen molar-refractivity contribution in [2.24, 2.45) is 0 Å². The van der Waals surface area contributed by atoms with Crippen LogP contribution in [-0.4, -0.2) is 5.91 Å². The SMILES string of the molecule is Cc1cccc(NC(=O)c2cccc(NC(C#N)=C(C#N)C#N)c2)c1C. The smallest absolute Gasteiger partial charge is 0.255 e. The fourth-order valence-corrected chi connectivity index (χ4v) is 2.25. The Morgan fingerprint density at radius 1 is 0.923 bits per heavy atom. The summed E-state index contributed by atoms with van der Waals surface area (Å²) >= 11 is 0. The zero-order valence-corrected chi connectivity index (χ0v) is 14.3. The predicted molar refractivity (Wildman–Crippen MR) is 97.8 cm³/mol. The average molecular weight is 341 g/mol. The largest absolute Gasteiger partial charge is 0.345 e. The van der Waals surface area contributed by atoms with Gasteiger partial charge in [-0.3, -0.25) is 4.79 Å². The molecule has 6 heteroatoms. The van der Waals surface area contributed by atoms with E-state index in [1.165, 1.54) is 0 Å². The van der Waals surface area contributed by atoms with E-state index in [-0.39, 0.29) is 17.2 Å². The van der Waals surface area contributed by atoms with Crippen LogP contribution >= 0.6 is 0 Å². The number of hydrogen-bond acceptors (Lipinski definition) is 5. The normalized spacial score (nSPS) is 9.19. The highest BCUT2D eigenvalue weighted by Crippen LogP contribution is 2.20. The van der Waals surface area contributed by atoms with Crippen molar-refractivity contribution in [3.05, 3.63) is 70.4 Å². The summed E-state index contributed by atoms with van der Waals surface area (Å²) < 4.78 is 0. The molecule has 2 aromatic rings. The molecule has 126 valence electrons. The van der Waals surface area contributed by atoms with Crippen LogP contribution in [-0.2, 0) is 0 Å². The molecule has 2 rings (SSSR count). The van der Waals surface area contributed by atoms with Crippen LogP contribution in [0.15, 0.2) is 53.7 Å². The number of aryl methyl sites for hydroxylation is 1. The zero-order chi connectivity index (χ0) is 19.1. The lowest BCUT2D eigenvalue weighted by atomic mass is 10.1. The van der Waals surface area contributed by atoms with Gasteiger partial charge in [-0.05, 0) is 49.2 Å². The summed E-state index contributed by atoms with van der Waals surface area (Å²) in [4.78, 5) is 12.5. The Balaban J connectivity index is 2.27. The first-order valence-electron chi connectivity index (χ1n) is 7.69. The van der Waals surface area contributed by atoms with Gasteiger partial charge >= 0.3 is 0 Å². The van der Waals surface area contributed by atoms with Gasteiger partial charge < -0.3 is 10.6 Å². The standard InChI is InChI=1S/C20H15N5O/c1-13-5-3-8-18(14(13)2)25-20(26)15-6-4-7-17(9-15)24-19(12-23)16(10-21)11-22/h3-9,24H,1-2H3,(H,25,26). The Kier molecular flexibility index (Phi) is 5.72. The average Bonchev–Trinajstić information content (AvgIpc) is 2.65. The van der Waals surface area contributed by atoms with Crippen molar-refractivity contribution in [1.29, 1.82) is 15.8 Å². The fraction of sp³-hybridized carbons (Fsp3) is 0.100. The van der Waals surface area contributed by atoms with Crippen molar-refractivity contribution >= 4 is 17.3 Å². The molecule has 0 fully saturated rings. The molecule has 26 heavy (non-hydrogen) atoms. The lowest BCUT2D eigenvalue weighted by molar-refractivity contribution is 0.102. The second-order valence-electron chi connectivity index (χ2n) is 5.49. The van der Waals surface area contributed by atoms with Gasteiger partial charge in [0.1, 0.15) is 23.9 Å². The summed E-state index contributed by atoms with van der Waals surface area (Å²) in [5.74, 6) is -0.300. The summed E-state index contributed by atoms with van der Waals surface area (Å²) in [6.45, 7) is 3.89. The topological polar surface area (TPSA) is 112 Å².